The van der Waals surface area contributed by atoms with Crippen LogP contribution < -0.4 is 10.5 Å². The Bertz CT molecular complexity index is 1010. The molecule has 3 rings (SSSR count). The third kappa shape index (κ3) is 3.31. The van der Waals surface area contributed by atoms with Gasteiger partial charge in [0.25, 0.3) is 11.8 Å². The Labute approximate surface area is 141 Å². The Kier molecular flexibility index (Phi) is 3.95. The van der Waals surface area contributed by atoms with E-state index in [-0.39, 0.29) is 22.2 Å². The fourth-order valence-corrected chi connectivity index (χ4v) is 3.70. The fourth-order valence-electron chi connectivity index (χ4n) is 2.40. The largest absolute Gasteiger partial charge is 0.480 e. The van der Waals surface area contributed by atoms with Crippen LogP contribution in [0.25, 0.3) is 10.9 Å². The van der Waals surface area contributed by atoms with Crippen molar-refractivity contribution in [2.45, 2.75) is 24.6 Å². The topological polar surface area (TPSA) is 161 Å². The van der Waals surface area contributed by atoms with Gasteiger partial charge in [0.05, 0.1) is 10.8 Å². The summed E-state index contributed by atoms with van der Waals surface area (Å²) in [5.41, 5.74) is 5.28. The number of carboxylic acids is 1. The van der Waals surface area contributed by atoms with Crippen LogP contribution in [0, 0.1) is 0 Å². The van der Waals surface area contributed by atoms with Gasteiger partial charge in [-0.05, 0) is 31.0 Å². The lowest BCUT2D eigenvalue weighted by Gasteiger charge is -2.06. The molecule has 1 aliphatic rings. The molecule has 0 saturated heterocycles. The normalized spacial score (nSPS) is 14.4. The summed E-state index contributed by atoms with van der Waals surface area (Å²) in [5, 5.41) is 12.5. The number of aliphatic carboxylic acids is 1. The number of rotatable bonds is 6. The van der Waals surface area contributed by atoms with Crippen molar-refractivity contribution in [3.8, 4) is 0 Å². The van der Waals surface area contributed by atoms with Crippen LogP contribution in [0.1, 0.15) is 33.7 Å². The van der Waals surface area contributed by atoms with Gasteiger partial charge in [-0.1, -0.05) is 0 Å². The number of fused-ring (bicyclic) bond motifs is 1. The average molecular weight is 366 g/mol. The maximum Gasteiger partial charge on any atom is 0.325 e. The number of hydrogen-bond donors (Lipinski definition) is 3. The lowest BCUT2D eigenvalue weighted by molar-refractivity contribution is -0.137. The van der Waals surface area contributed by atoms with Crippen molar-refractivity contribution in [1.29, 1.82) is 0 Å². The first-order chi connectivity index (χ1) is 11.7. The molecule has 0 atom stereocenters. The van der Waals surface area contributed by atoms with Crippen molar-refractivity contribution in [3.05, 3.63) is 29.5 Å². The monoisotopic (exact) mass is 366 g/mol. The fraction of sp³-hybridized carbons (Fsp3) is 0.286. The number of amides is 2. The summed E-state index contributed by atoms with van der Waals surface area (Å²) >= 11 is 0. The molecule has 0 bridgehead atoms. The number of aromatic nitrogens is 2. The number of nitrogens with one attached hydrogen (secondary N) is 1. The third-order valence-corrected chi connectivity index (χ3v) is 5.55. The number of carboxylic acid groups (broad SMARTS) is 1. The summed E-state index contributed by atoms with van der Waals surface area (Å²) in [7, 11) is -3.72. The minimum absolute atomic E-state index is 0.000663. The number of primary amides is 1. The number of carbonyl (C=O) groups excluding carboxylic acids is 2. The number of nitrogens with two attached hydrogens (primary N) is 1. The predicted octanol–water partition coefficient (Wildman–Crippen LogP) is -0.558. The quantitative estimate of drug-likeness (QED) is 0.617. The van der Waals surface area contributed by atoms with Gasteiger partial charge in [0.15, 0.2) is 5.69 Å². The number of benzene rings is 1. The van der Waals surface area contributed by atoms with Crippen LogP contribution in [0.3, 0.4) is 0 Å². The summed E-state index contributed by atoms with van der Waals surface area (Å²) in [6.07, 6.45) is 1.02. The minimum Gasteiger partial charge on any atom is -0.480 e. The highest BCUT2D eigenvalue weighted by atomic mass is 32.2. The van der Waals surface area contributed by atoms with Crippen LogP contribution in [0.5, 0.6) is 0 Å². The molecule has 1 saturated carbocycles. The molecule has 11 heteroatoms. The molecule has 132 valence electrons. The van der Waals surface area contributed by atoms with Crippen LogP contribution >= 0.6 is 0 Å². The second kappa shape index (κ2) is 5.84. The second-order valence-electron chi connectivity index (χ2n) is 5.67. The highest BCUT2D eigenvalue weighted by Gasteiger charge is 2.37. The van der Waals surface area contributed by atoms with Crippen molar-refractivity contribution in [3.63, 3.8) is 0 Å². The standard InChI is InChI=1S/C14H14N4O6S/c15-13(21)12-9-4-1-7(5-10(9)18(16-12)6-11(19)20)14(22)17-25(23,24)8-2-3-8/h1,4-5,8H,2-3,6H2,(H2,15,21)(H,17,22)(H,19,20). The SMILES string of the molecule is NC(=O)c1nn(CC(=O)O)c2cc(C(=O)NS(=O)(=O)C3CC3)ccc12. The maximum absolute atomic E-state index is 12.2. The van der Waals surface area contributed by atoms with Gasteiger partial charge < -0.3 is 10.8 Å². The van der Waals surface area contributed by atoms with Gasteiger partial charge in [-0.15, -0.1) is 0 Å². The van der Waals surface area contributed by atoms with E-state index < -0.39 is 39.6 Å². The van der Waals surface area contributed by atoms with Crippen LogP contribution in [0.15, 0.2) is 18.2 Å². The molecule has 0 spiro atoms. The number of nitrogens with zero attached hydrogens (tertiary/aromatic N) is 2. The molecular weight excluding hydrogens is 352 g/mol. The summed E-state index contributed by atoms with van der Waals surface area (Å²) in [6.45, 7) is -0.546. The second-order valence-corrected chi connectivity index (χ2v) is 7.63. The molecule has 25 heavy (non-hydrogen) atoms. The average Bonchev–Trinajstić information content (AvgIpc) is 3.31. The van der Waals surface area contributed by atoms with Gasteiger partial charge in [0.1, 0.15) is 6.54 Å². The zero-order valence-electron chi connectivity index (χ0n) is 12.8. The first kappa shape index (κ1) is 16.9. The number of sulfonamides is 1. The molecule has 1 fully saturated rings. The Balaban J connectivity index is 2.01. The molecule has 0 unspecified atom stereocenters. The van der Waals surface area contributed by atoms with E-state index in [1.165, 1.54) is 18.2 Å². The van der Waals surface area contributed by atoms with Gasteiger partial charge in [-0.25, -0.2) is 13.1 Å². The lowest BCUT2D eigenvalue weighted by atomic mass is 10.1. The van der Waals surface area contributed by atoms with E-state index in [4.69, 9.17) is 10.8 Å². The maximum atomic E-state index is 12.2. The highest BCUT2D eigenvalue weighted by molar-refractivity contribution is 7.91. The Morgan fingerprint density at radius 3 is 2.56 bits per heavy atom. The van der Waals surface area contributed by atoms with Crippen LogP contribution in [0.2, 0.25) is 0 Å². The van der Waals surface area contributed by atoms with Gasteiger partial charge in [-0.2, -0.15) is 5.10 Å². The van der Waals surface area contributed by atoms with E-state index in [9.17, 15) is 22.8 Å². The van der Waals surface area contributed by atoms with Gasteiger partial charge >= 0.3 is 5.97 Å². The number of hydrogen-bond acceptors (Lipinski definition) is 6. The van der Waals surface area contributed by atoms with E-state index in [0.29, 0.717) is 12.8 Å². The van der Waals surface area contributed by atoms with E-state index in [0.717, 1.165) is 4.68 Å². The van der Waals surface area contributed by atoms with Gasteiger partial charge in [0.2, 0.25) is 10.0 Å². The molecule has 1 aromatic heterocycles. The predicted molar refractivity (Wildman–Crippen MR) is 85.3 cm³/mol. The van der Waals surface area contributed by atoms with E-state index in [1.807, 2.05) is 4.72 Å². The van der Waals surface area contributed by atoms with Crippen molar-refractivity contribution in [1.82, 2.24) is 14.5 Å². The first-order valence-corrected chi connectivity index (χ1v) is 8.82. The van der Waals surface area contributed by atoms with Gasteiger partial charge in [0, 0.05) is 10.9 Å². The third-order valence-electron chi connectivity index (χ3n) is 3.73. The van der Waals surface area contributed by atoms with E-state index in [2.05, 4.69) is 5.10 Å². The summed E-state index contributed by atoms with van der Waals surface area (Å²) < 4.78 is 26.7. The van der Waals surface area contributed by atoms with Crippen molar-refractivity contribution < 1.29 is 27.9 Å². The van der Waals surface area contributed by atoms with Crippen LogP contribution in [-0.2, 0) is 21.4 Å². The summed E-state index contributed by atoms with van der Waals surface area (Å²) in [4.78, 5) is 34.6. The molecule has 0 radical (unpaired) electrons. The first-order valence-electron chi connectivity index (χ1n) is 7.27. The molecule has 1 heterocycles. The molecule has 1 aliphatic carbocycles. The van der Waals surface area contributed by atoms with Gasteiger partial charge in [-0.3, -0.25) is 19.1 Å². The van der Waals surface area contributed by atoms with E-state index in [1.54, 1.807) is 0 Å². The lowest BCUT2D eigenvalue weighted by Crippen LogP contribution is -2.33. The Hall–Kier alpha value is -2.95. The zero-order chi connectivity index (χ0) is 18.4. The highest BCUT2D eigenvalue weighted by Crippen LogP contribution is 2.28. The van der Waals surface area contributed by atoms with Crippen molar-refractivity contribution in [2.24, 2.45) is 5.73 Å². The Morgan fingerprint density at radius 2 is 2.00 bits per heavy atom. The molecule has 1 aromatic carbocycles. The van der Waals surface area contributed by atoms with Crippen LogP contribution in [0.4, 0.5) is 0 Å². The summed E-state index contributed by atoms with van der Waals surface area (Å²) in [5.74, 6) is -2.88. The molecule has 0 aliphatic heterocycles. The molecule has 4 N–H and O–H groups in total. The minimum atomic E-state index is -3.72. The Morgan fingerprint density at radius 1 is 1.32 bits per heavy atom. The molecular formula is C14H14N4O6S. The van der Waals surface area contributed by atoms with E-state index >= 15 is 0 Å². The molecule has 10 nitrogen and oxygen atoms in total. The summed E-state index contributed by atoms with van der Waals surface area (Å²) in [6, 6.07) is 3.97. The van der Waals surface area contributed by atoms with Crippen molar-refractivity contribution in [2.75, 3.05) is 0 Å². The van der Waals surface area contributed by atoms with Crippen LogP contribution in [-0.4, -0.2) is 46.3 Å². The number of carbonyl (C=O) groups is 3. The smallest absolute Gasteiger partial charge is 0.325 e. The van der Waals surface area contributed by atoms with Crippen molar-refractivity contribution >= 4 is 38.7 Å². The molecule has 2 amide bonds. The molecule has 2 aromatic rings. The zero-order valence-corrected chi connectivity index (χ0v) is 13.6.